The maximum absolute atomic E-state index is 11.9. The van der Waals surface area contributed by atoms with Gasteiger partial charge in [-0.2, -0.15) is 0 Å². The lowest BCUT2D eigenvalue weighted by molar-refractivity contribution is 0.0950. The standard InChI is InChI=1S/C21H17N3O3S/c1-12-10-16-18(11-13(12)2)27-20(23-16)14-5-7-15(8-6-14)22-21(28)24-19(25)17-4-3-9-26-17/h3-11H,1-2H3,(H2,22,24,25,28). The van der Waals surface area contributed by atoms with Gasteiger partial charge in [-0.3, -0.25) is 10.1 Å². The number of hydrogen-bond acceptors (Lipinski definition) is 5. The first-order chi connectivity index (χ1) is 13.5. The monoisotopic (exact) mass is 391 g/mol. The van der Waals surface area contributed by atoms with Crippen molar-refractivity contribution in [3.63, 3.8) is 0 Å². The average Bonchev–Trinajstić information content (AvgIpc) is 3.32. The first-order valence-electron chi connectivity index (χ1n) is 8.63. The number of nitrogens with zero attached hydrogens (tertiary/aromatic N) is 1. The van der Waals surface area contributed by atoms with E-state index in [4.69, 9.17) is 21.1 Å². The second kappa shape index (κ2) is 7.28. The van der Waals surface area contributed by atoms with Crippen LogP contribution in [0.25, 0.3) is 22.6 Å². The van der Waals surface area contributed by atoms with Gasteiger partial charge in [0, 0.05) is 11.3 Å². The van der Waals surface area contributed by atoms with Crippen molar-refractivity contribution in [1.29, 1.82) is 0 Å². The Labute approximate surface area is 166 Å². The predicted molar refractivity (Wildman–Crippen MR) is 111 cm³/mol. The first-order valence-corrected chi connectivity index (χ1v) is 9.04. The van der Waals surface area contributed by atoms with E-state index in [0.717, 1.165) is 22.4 Å². The molecule has 2 aromatic heterocycles. The zero-order valence-electron chi connectivity index (χ0n) is 15.3. The second-order valence-corrected chi connectivity index (χ2v) is 6.79. The summed E-state index contributed by atoms with van der Waals surface area (Å²) in [6.45, 7) is 4.10. The predicted octanol–water partition coefficient (Wildman–Crippen LogP) is 4.83. The maximum Gasteiger partial charge on any atom is 0.293 e. The minimum atomic E-state index is -0.406. The Balaban J connectivity index is 1.46. The van der Waals surface area contributed by atoms with Gasteiger partial charge in [0.05, 0.1) is 6.26 Å². The normalized spacial score (nSPS) is 10.8. The van der Waals surface area contributed by atoms with Crippen LogP contribution in [0.4, 0.5) is 5.69 Å². The van der Waals surface area contributed by atoms with Crippen LogP contribution in [0.3, 0.4) is 0 Å². The van der Waals surface area contributed by atoms with Gasteiger partial charge >= 0.3 is 0 Å². The van der Waals surface area contributed by atoms with E-state index in [0.29, 0.717) is 5.89 Å². The number of rotatable bonds is 3. The molecule has 140 valence electrons. The highest BCUT2D eigenvalue weighted by molar-refractivity contribution is 7.80. The molecule has 0 saturated carbocycles. The molecule has 0 spiro atoms. The van der Waals surface area contributed by atoms with Gasteiger partial charge in [-0.05, 0) is 85.7 Å². The molecule has 6 nitrogen and oxygen atoms in total. The summed E-state index contributed by atoms with van der Waals surface area (Å²) in [5.41, 5.74) is 5.53. The van der Waals surface area contributed by atoms with E-state index in [2.05, 4.69) is 22.5 Å². The molecule has 0 aliphatic carbocycles. The Bertz CT molecular complexity index is 1120. The molecule has 28 heavy (non-hydrogen) atoms. The third-order valence-corrected chi connectivity index (χ3v) is 4.57. The summed E-state index contributed by atoms with van der Waals surface area (Å²) in [6, 6.07) is 14.7. The minimum absolute atomic E-state index is 0.182. The fourth-order valence-electron chi connectivity index (χ4n) is 2.73. The van der Waals surface area contributed by atoms with Crippen molar-refractivity contribution in [3.05, 3.63) is 71.7 Å². The molecule has 0 fully saturated rings. The van der Waals surface area contributed by atoms with Crippen molar-refractivity contribution in [3.8, 4) is 11.5 Å². The smallest absolute Gasteiger partial charge is 0.293 e. The lowest BCUT2D eigenvalue weighted by atomic mass is 10.1. The summed E-state index contributed by atoms with van der Waals surface area (Å²) in [7, 11) is 0. The van der Waals surface area contributed by atoms with Crippen LogP contribution in [-0.2, 0) is 0 Å². The number of oxazole rings is 1. The molecular formula is C21H17N3O3S. The molecule has 1 amide bonds. The third-order valence-electron chi connectivity index (χ3n) is 4.37. The highest BCUT2D eigenvalue weighted by atomic mass is 32.1. The van der Waals surface area contributed by atoms with Crippen molar-refractivity contribution in [2.45, 2.75) is 13.8 Å². The highest BCUT2D eigenvalue weighted by Crippen LogP contribution is 2.27. The van der Waals surface area contributed by atoms with Crippen LogP contribution in [0.5, 0.6) is 0 Å². The number of nitrogens with one attached hydrogen (secondary N) is 2. The first kappa shape index (κ1) is 17.9. The number of benzene rings is 2. The average molecular weight is 391 g/mol. The number of aryl methyl sites for hydroxylation is 2. The van der Waals surface area contributed by atoms with Gasteiger partial charge in [-0.25, -0.2) is 4.98 Å². The summed E-state index contributed by atoms with van der Waals surface area (Å²) >= 11 is 5.16. The number of carbonyl (C=O) groups is 1. The second-order valence-electron chi connectivity index (χ2n) is 6.39. The fraction of sp³-hybridized carbons (Fsp3) is 0.0952. The highest BCUT2D eigenvalue weighted by Gasteiger charge is 2.12. The number of anilines is 1. The molecule has 4 aromatic rings. The number of amides is 1. The van der Waals surface area contributed by atoms with Gasteiger partial charge in [0.2, 0.25) is 5.89 Å². The van der Waals surface area contributed by atoms with Crippen molar-refractivity contribution < 1.29 is 13.6 Å². The van der Waals surface area contributed by atoms with E-state index in [1.54, 1.807) is 12.1 Å². The van der Waals surface area contributed by atoms with Gasteiger partial charge in [0.25, 0.3) is 5.91 Å². The Hall–Kier alpha value is -3.45. The molecule has 0 aliphatic heterocycles. The van der Waals surface area contributed by atoms with Crippen LogP contribution in [0, 0.1) is 13.8 Å². The molecule has 0 radical (unpaired) electrons. The van der Waals surface area contributed by atoms with Crippen molar-refractivity contribution in [2.24, 2.45) is 0 Å². The van der Waals surface area contributed by atoms with E-state index in [1.807, 2.05) is 43.3 Å². The molecular weight excluding hydrogens is 374 g/mol. The van der Waals surface area contributed by atoms with E-state index in [9.17, 15) is 4.79 Å². The number of carbonyl (C=O) groups excluding carboxylic acids is 1. The Morgan fingerprint density at radius 1 is 1.07 bits per heavy atom. The molecule has 2 N–H and O–H groups in total. The van der Waals surface area contributed by atoms with Gasteiger partial charge < -0.3 is 14.2 Å². The Morgan fingerprint density at radius 3 is 2.54 bits per heavy atom. The molecule has 0 unspecified atom stereocenters. The topological polar surface area (TPSA) is 80.3 Å². The number of aromatic nitrogens is 1. The van der Waals surface area contributed by atoms with Crippen LogP contribution >= 0.6 is 12.2 Å². The molecule has 0 atom stereocenters. The van der Waals surface area contributed by atoms with Gasteiger partial charge in [0.1, 0.15) is 5.52 Å². The van der Waals surface area contributed by atoms with Crippen molar-refractivity contribution in [2.75, 3.05) is 5.32 Å². The molecule has 0 aliphatic rings. The number of fused-ring (bicyclic) bond motifs is 1. The van der Waals surface area contributed by atoms with Crippen molar-refractivity contribution >= 4 is 40.0 Å². The summed E-state index contributed by atoms with van der Waals surface area (Å²) in [5.74, 6) is 0.345. The zero-order valence-corrected chi connectivity index (χ0v) is 16.1. The van der Waals surface area contributed by atoms with E-state index in [-0.39, 0.29) is 10.9 Å². The maximum atomic E-state index is 11.9. The van der Waals surface area contributed by atoms with Gasteiger partial charge in [-0.1, -0.05) is 0 Å². The van der Waals surface area contributed by atoms with Gasteiger partial charge in [0.15, 0.2) is 16.5 Å². The largest absolute Gasteiger partial charge is 0.459 e. The van der Waals surface area contributed by atoms with Crippen LogP contribution in [0.1, 0.15) is 21.7 Å². The molecule has 4 rings (SSSR count). The summed E-state index contributed by atoms with van der Waals surface area (Å²) in [4.78, 5) is 16.5. The number of hydrogen-bond donors (Lipinski definition) is 2. The zero-order chi connectivity index (χ0) is 19.7. The van der Waals surface area contributed by atoms with E-state index < -0.39 is 5.91 Å². The third kappa shape index (κ3) is 3.65. The van der Waals surface area contributed by atoms with E-state index in [1.165, 1.54) is 17.4 Å². The Kier molecular flexibility index (Phi) is 4.67. The lowest BCUT2D eigenvalue weighted by Gasteiger charge is -2.08. The SMILES string of the molecule is Cc1cc2nc(-c3ccc(NC(=S)NC(=O)c4ccco4)cc3)oc2cc1C. The van der Waals surface area contributed by atoms with Crippen LogP contribution in [0.2, 0.25) is 0 Å². The fourth-order valence-corrected chi connectivity index (χ4v) is 2.94. The van der Waals surface area contributed by atoms with E-state index >= 15 is 0 Å². The Morgan fingerprint density at radius 2 is 1.82 bits per heavy atom. The number of thiocarbonyl (C=S) groups is 1. The number of furan rings is 1. The summed E-state index contributed by atoms with van der Waals surface area (Å²) in [6.07, 6.45) is 1.43. The summed E-state index contributed by atoms with van der Waals surface area (Å²) in [5, 5.41) is 5.71. The summed E-state index contributed by atoms with van der Waals surface area (Å²) < 4.78 is 10.9. The molecule has 2 aromatic carbocycles. The lowest BCUT2D eigenvalue weighted by Crippen LogP contribution is -2.33. The van der Waals surface area contributed by atoms with Crippen LogP contribution in [-0.4, -0.2) is 16.0 Å². The van der Waals surface area contributed by atoms with Crippen molar-refractivity contribution in [1.82, 2.24) is 10.3 Å². The minimum Gasteiger partial charge on any atom is -0.459 e. The van der Waals surface area contributed by atoms with Crippen LogP contribution in [0.15, 0.2) is 63.6 Å². The van der Waals surface area contributed by atoms with Crippen LogP contribution < -0.4 is 10.6 Å². The molecule has 0 saturated heterocycles. The molecule has 0 bridgehead atoms. The molecule has 2 heterocycles. The molecule has 7 heteroatoms. The van der Waals surface area contributed by atoms with Gasteiger partial charge in [-0.15, -0.1) is 0 Å². The quantitative estimate of drug-likeness (QED) is 0.487.